The van der Waals surface area contributed by atoms with Gasteiger partial charge in [0.15, 0.2) is 0 Å². The van der Waals surface area contributed by atoms with Crippen LogP contribution >= 0.6 is 0 Å². The first-order valence-electron chi connectivity index (χ1n) is 5.45. The van der Waals surface area contributed by atoms with Crippen molar-refractivity contribution in [3.8, 4) is 0 Å². The maximum Gasteiger partial charge on any atom is 0.314 e. The van der Waals surface area contributed by atoms with Crippen molar-refractivity contribution in [2.24, 2.45) is 5.92 Å². The van der Waals surface area contributed by atoms with Crippen LogP contribution in [-0.2, 0) is 0 Å². The largest absolute Gasteiger partial charge is 0.395 e. The van der Waals surface area contributed by atoms with Gasteiger partial charge in [-0.3, -0.25) is 0 Å². The van der Waals surface area contributed by atoms with Crippen LogP contribution in [0.2, 0.25) is 0 Å². The van der Waals surface area contributed by atoms with Crippen molar-refractivity contribution >= 4 is 6.03 Å². The van der Waals surface area contributed by atoms with Crippen molar-refractivity contribution in [2.45, 2.75) is 32.1 Å². The van der Waals surface area contributed by atoms with E-state index < -0.39 is 0 Å². The maximum absolute atomic E-state index is 11.1. The summed E-state index contributed by atoms with van der Waals surface area (Å²) in [6, 6.07) is -0.162. The molecule has 0 radical (unpaired) electrons. The smallest absolute Gasteiger partial charge is 0.314 e. The van der Waals surface area contributed by atoms with E-state index in [1.54, 1.807) is 0 Å². The molecule has 1 fully saturated rings. The molecule has 0 aliphatic heterocycles. The molecule has 1 aliphatic rings. The molecule has 0 bridgehead atoms. The SMILES string of the molecule is O=C(NCCO)NCC1CCCCC1. The fourth-order valence-corrected chi connectivity index (χ4v) is 1.86. The zero-order valence-electron chi connectivity index (χ0n) is 8.59. The minimum atomic E-state index is -0.162. The van der Waals surface area contributed by atoms with Crippen LogP contribution in [0.15, 0.2) is 0 Å². The average molecular weight is 200 g/mol. The molecule has 1 rings (SSSR count). The van der Waals surface area contributed by atoms with Gasteiger partial charge in [0.2, 0.25) is 0 Å². The number of rotatable bonds is 4. The van der Waals surface area contributed by atoms with E-state index in [2.05, 4.69) is 10.6 Å². The number of urea groups is 1. The van der Waals surface area contributed by atoms with Gasteiger partial charge in [0.1, 0.15) is 0 Å². The Hall–Kier alpha value is -0.770. The van der Waals surface area contributed by atoms with Gasteiger partial charge in [0, 0.05) is 13.1 Å². The second kappa shape index (κ2) is 6.65. The Morgan fingerprint density at radius 3 is 2.57 bits per heavy atom. The predicted octanol–water partition coefficient (Wildman–Crippen LogP) is 0.858. The Bertz CT molecular complexity index is 168. The monoisotopic (exact) mass is 200 g/mol. The van der Waals surface area contributed by atoms with Crippen molar-refractivity contribution in [2.75, 3.05) is 19.7 Å². The van der Waals surface area contributed by atoms with Gasteiger partial charge in [0.05, 0.1) is 6.61 Å². The van der Waals surface area contributed by atoms with Crippen LogP contribution in [0.3, 0.4) is 0 Å². The highest BCUT2D eigenvalue weighted by atomic mass is 16.3. The van der Waals surface area contributed by atoms with Crippen molar-refractivity contribution in [1.82, 2.24) is 10.6 Å². The minimum absolute atomic E-state index is 0.00313. The molecule has 0 unspecified atom stereocenters. The maximum atomic E-state index is 11.1. The Morgan fingerprint density at radius 2 is 1.93 bits per heavy atom. The molecule has 0 aromatic carbocycles. The summed E-state index contributed by atoms with van der Waals surface area (Å²) in [6.45, 7) is 1.10. The molecule has 0 aromatic rings. The molecule has 0 saturated heterocycles. The van der Waals surface area contributed by atoms with E-state index in [9.17, 15) is 4.79 Å². The molecule has 0 heterocycles. The van der Waals surface area contributed by atoms with E-state index >= 15 is 0 Å². The molecule has 0 aromatic heterocycles. The number of aliphatic hydroxyl groups is 1. The zero-order valence-corrected chi connectivity index (χ0v) is 8.59. The summed E-state index contributed by atoms with van der Waals surface area (Å²) >= 11 is 0. The van der Waals surface area contributed by atoms with Crippen molar-refractivity contribution in [1.29, 1.82) is 0 Å². The van der Waals surface area contributed by atoms with Crippen LogP contribution in [0.5, 0.6) is 0 Å². The molecule has 2 amide bonds. The summed E-state index contributed by atoms with van der Waals surface area (Å²) in [5.41, 5.74) is 0. The summed E-state index contributed by atoms with van der Waals surface area (Å²) in [7, 11) is 0. The van der Waals surface area contributed by atoms with Crippen molar-refractivity contribution in [3.63, 3.8) is 0 Å². The predicted molar refractivity (Wildman–Crippen MR) is 55.1 cm³/mol. The third kappa shape index (κ3) is 4.46. The molecule has 0 spiro atoms. The normalized spacial score (nSPS) is 17.8. The molecule has 4 nitrogen and oxygen atoms in total. The molecule has 3 N–H and O–H groups in total. The number of hydrogen-bond donors (Lipinski definition) is 3. The second-order valence-corrected chi connectivity index (χ2v) is 3.86. The number of amides is 2. The highest BCUT2D eigenvalue weighted by Gasteiger charge is 2.13. The van der Waals surface area contributed by atoms with Crippen LogP contribution in [-0.4, -0.2) is 30.8 Å². The highest BCUT2D eigenvalue weighted by Crippen LogP contribution is 2.22. The average Bonchev–Trinajstić information content (AvgIpc) is 2.25. The number of aliphatic hydroxyl groups excluding tert-OH is 1. The Labute approximate surface area is 85.1 Å². The van der Waals surface area contributed by atoms with E-state index in [0.717, 1.165) is 6.54 Å². The standard InChI is InChI=1S/C10H20N2O2/c13-7-6-11-10(14)12-8-9-4-2-1-3-5-9/h9,13H,1-8H2,(H2,11,12,14). The lowest BCUT2D eigenvalue weighted by atomic mass is 9.89. The lowest BCUT2D eigenvalue weighted by Crippen LogP contribution is -2.39. The molecule has 4 heteroatoms. The van der Waals surface area contributed by atoms with Gasteiger partial charge in [-0.25, -0.2) is 4.79 Å². The molecule has 1 aliphatic carbocycles. The van der Waals surface area contributed by atoms with Gasteiger partial charge in [0.25, 0.3) is 0 Å². The summed E-state index contributed by atoms with van der Waals surface area (Å²) < 4.78 is 0. The van der Waals surface area contributed by atoms with Crippen LogP contribution in [0.4, 0.5) is 4.79 Å². The quantitative estimate of drug-likeness (QED) is 0.630. The Morgan fingerprint density at radius 1 is 1.21 bits per heavy atom. The van der Waals surface area contributed by atoms with E-state index in [1.165, 1.54) is 32.1 Å². The van der Waals surface area contributed by atoms with Gasteiger partial charge >= 0.3 is 6.03 Å². The lowest BCUT2D eigenvalue weighted by Gasteiger charge is -2.21. The van der Waals surface area contributed by atoms with Crippen molar-refractivity contribution in [3.05, 3.63) is 0 Å². The first-order valence-corrected chi connectivity index (χ1v) is 5.45. The number of hydrogen-bond acceptors (Lipinski definition) is 2. The van der Waals surface area contributed by atoms with Crippen molar-refractivity contribution < 1.29 is 9.90 Å². The minimum Gasteiger partial charge on any atom is -0.395 e. The third-order valence-electron chi connectivity index (χ3n) is 2.67. The number of carbonyl (C=O) groups excluding carboxylic acids is 1. The van der Waals surface area contributed by atoms with Gasteiger partial charge in [-0.2, -0.15) is 0 Å². The zero-order chi connectivity index (χ0) is 10.2. The second-order valence-electron chi connectivity index (χ2n) is 3.86. The Kier molecular flexibility index (Phi) is 5.37. The molecule has 0 atom stereocenters. The fourth-order valence-electron chi connectivity index (χ4n) is 1.86. The molecule has 82 valence electrons. The van der Waals surface area contributed by atoms with Gasteiger partial charge in [-0.15, -0.1) is 0 Å². The Balaban J connectivity index is 2.03. The van der Waals surface area contributed by atoms with Gasteiger partial charge < -0.3 is 15.7 Å². The first-order chi connectivity index (χ1) is 6.83. The van der Waals surface area contributed by atoms with Crippen LogP contribution < -0.4 is 10.6 Å². The van der Waals surface area contributed by atoms with E-state index in [4.69, 9.17) is 5.11 Å². The summed E-state index contributed by atoms with van der Waals surface area (Å²) in [5, 5.41) is 13.9. The first kappa shape index (κ1) is 11.3. The van der Waals surface area contributed by atoms with Crippen LogP contribution in [0.1, 0.15) is 32.1 Å². The molecular formula is C10H20N2O2. The van der Waals surface area contributed by atoms with Gasteiger partial charge in [-0.1, -0.05) is 19.3 Å². The summed E-state index contributed by atoms with van der Waals surface area (Å²) in [5.74, 6) is 0.656. The third-order valence-corrected chi connectivity index (χ3v) is 2.67. The molecule has 14 heavy (non-hydrogen) atoms. The number of nitrogens with one attached hydrogen (secondary N) is 2. The van der Waals surface area contributed by atoms with E-state index in [1.807, 2.05) is 0 Å². The topological polar surface area (TPSA) is 61.4 Å². The molecular weight excluding hydrogens is 180 g/mol. The van der Waals surface area contributed by atoms with Gasteiger partial charge in [-0.05, 0) is 18.8 Å². The fraction of sp³-hybridized carbons (Fsp3) is 0.900. The number of carbonyl (C=O) groups is 1. The van der Waals surface area contributed by atoms with E-state index in [-0.39, 0.29) is 12.6 Å². The van der Waals surface area contributed by atoms with E-state index in [0.29, 0.717) is 12.5 Å². The molecule has 1 saturated carbocycles. The van der Waals surface area contributed by atoms with Crippen LogP contribution in [0, 0.1) is 5.92 Å². The van der Waals surface area contributed by atoms with Crippen LogP contribution in [0.25, 0.3) is 0 Å². The lowest BCUT2D eigenvalue weighted by molar-refractivity contribution is 0.230. The summed E-state index contributed by atoms with van der Waals surface area (Å²) in [4.78, 5) is 11.1. The summed E-state index contributed by atoms with van der Waals surface area (Å²) in [6.07, 6.45) is 6.41. The highest BCUT2D eigenvalue weighted by molar-refractivity contribution is 5.73.